The largest absolute Gasteiger partial charge is 0.327 e. The molecule has 1 nitrogen and oxygen atoms in total. The fourth-order valence-corrected chi connectivity index (χ4v) is 1.50. The lowest BCUT2D eigenvalue weighted by Crippen LogP contribution is -1.92. The number of nitrogens with two attached hydrogens (primary N) is 1. The fraction of sp³-hybridized carbons (Fsp3) is 0.200. The topological polar surface area (TPSA) is 26.0 Å². The Balaban J connectivity index is 2.92. The monoisotopic (exact) mass is 197 g/mol. The summed E-state index contributed by atoms with van der Waals surface area (Å²) in [6, 6.07) is 5.02. The third-order valence-electron chi connectivity index (χ3n) is 1.62. The molecular formula is C10H12FNS. The number of hydrogen-bond donors (Lipinski definition) is 1. The average molecular weight is 197 g/mol. The van der Waals surface area contributed by atoms with Crippen LogP contribution in [-0.4, -0.2) is 12.8 Å². The molecule has 0 unspecified atom stereocenters. The first-order valence-electron chi connectivity index (χ1n) is 3.98. The quantitative estimate of drug-likeness (QED) is 0.753. The van der Waals surface area contributed by atoms with Crippen molar-refractivity contribution in [3.8, 4) is 0 Å². The summed E-state index contributed by atoms with van der Waals surface area (Å²) in [5, 5.41) is 0. The lowest BCUT2D eigenvalue weighted by atomic mass is 10.2. The molecule has 2 N–H and O–H groups in total. The van der Waals surface area contributed by atoms with Crippen LogP contribution in [-0.2, 0) is 0 Å². The highest BCUT2D eigenvalue weighted by Gasteiger charge is 1.99. The standard InChI is InChI=1S/C10H12FNS/c1-13-10-7-8(3-2-6-12)4-5-9(10)11/h2-5,7H,6,12H2,1H3/b3-2+. The van der Waals surface area contributed by atoms with E-state index in [2.05, 4.69) is 0 Å². The van der Waals surface area contributed by atoms with E-state index in [4.69, 9.17) is 5.73 Å². The Morgan fingerprint density at radius 2 is 2.31 bits per heavy atom. The van der Waals surface area contributed by atoms with Crippen LogP contribution in [0.15, 0.2) is 29.2 Å². The molecule has 0 atom stereocenters. The molecule has 3 heteroatoms. The van der Waals surface area contributed by atoms with Gasteiger partial charge >= 0.3 is 0 Å². The first kappa shape index (κ1) is 10.3. The van der Waals surface area contributed by atoms with Crippen molar-refractivity contribution in [2.24, 2.45) is 5.73 Å². The van der Waals surface area contributed by atoms with Gasteiger partial charge in [0.1, 0.15) is 5.82 Å². The van der Waals surface area contributed by atoms with Gasteiger partial charge in [0, 0.05) is 11.4 Å². The molecule has 0 aliphatic carbocycles. The number of thioether (sulfide) groups is 1. The number of halogens is 1. The van der Waals surface area contributed by atoms with Crippen molar-refractivity contribution in [1.29, 1.82) is 0 Å². The molecule has 1 rings (SSSR count). The molecule has 0 heterocycles. The van der Waals surface area contributed by atoms with E-state index < -0.39 is 0 Å². The van der Waals surface area contributed by atoms with Crippen LogP contribution in [0.1, 0.15) is 5.56 Å². The van der Waals surface area contributed by atoms with Crippen molar-refractivity contribution in [2.75, 3.05) is 12.8 Å². The summed E-state index contributed by atoms with van der Waals surface area (Å²) in [4.78, 5) is 0.666. The maximum absolute atomic E-state index is 13.0. The Labute approximate surface area is 81.8 Å². The minimum Gasteiger partial charge on any atom is -0.327 e. The third kappa shape index (κ3) is 2.86. The zero-order valence-electron chi connectivity index (χ0n) is 7.46. The van der Waals surface area contributed by atoms with Gasteiger partial charge in [0.15, 0.2) is 0 Å². The SMILES string of the molecule is CSc1cc(/C=C/CN)ccc1F. The molecule has 0 saturated heterocycles. The summed E-state index contributed by atoms with van der Waals surface area (Å²) in [7, 11) is 0. The molecule has 0 radical (unpaired) electrons. The van der Waals surface area contributed by atoms with Crippen molar-refractivity contribution < 1.29 is 4.39 Å². The minimum atomic E-state index is -0.169. The number of rotatable bonds is 3. The maximum atomic E-state index is 13.0. The van der Waals surface area contributed by atoms with Gasteiger partial charge in [0.25, 0.3) is 0 Å². The Morgan fingerprint density at radius 3 is 2.92 bits per heavy atom. The summed E-state index contributed by atoms with van der Waals surface area (Å²) < 4.78 is 13.0. The van der Waals surface area contributed by atoms with Crippen molar-refractivity contribution in [1.82, 2.24) is 0 Å². The molecular weight excluding hydrogens is 185 g/mol. The highest BCUT2D eigenvalue weighted by atomic mass is 32.2. The van der Waals surface area contributed by atoms with E-state index in [1.165, 1.54) is 17.8 Å². The van der Waals surface area contributed by atoms with E-state index in [0.717, 1.165) is 5.56 Å². The zero-order chi connectivity index (χ0) is 9.68. The van der Waals surface area contributed by atoms with Crippen LogP contribution >= 0.6 is 11.8 Å². The van der Waals surface area contributed by atoms with E-state index in [1.54, 1.807) is 6.07 Å². The Kier molecular flexibility index (Phi) is 3.99. The Bertz CT molecular complexity index is 310. The van der Waals surface area contributed by atoms with E-state index >= 15 is 0 Å². The molecule has 1 aromatic carbocycles. The second-order valence-corrected chi connectivity index (χ2v) is 3.38. The Morgan fingerprint density at radius 1 is 1.54 bits per heavy atom. The van der Waals surface area contributed by atoms with E-state index in [1.807, 2.05) is 24.5 Å². The molecule has 1 aromatic rings. The summed E-state index contributed by atoms with van der Waals surface area (Å²) >= 11 is 1.40. The molecule has 0 amide bonds. The maximum Gasteiger partial charge on any atom is 0.136 e. The van der Waals surface area contributed by atoms with Gasteiger partial charge < -0.3 is 5.73 Å². The second-order valence-electron chi connectivity index (χ2n) is 2.53. The van der Waals surface area contributed by atoms with Gasteiger partial charge in [0.2, 0.25) is 0 Å². The molecule has 0 bridgehead atoms. The normalized spacial score (nSPS) is 11.0. The van der Waals surface area contributed by atoms with Gasteiger partial charge in [-0.3, -0.25) is 0 Å². The summed E-state index contributed by atoms with van der Waals surface area (Å²) in [5.41, 5.74) is 6.29. The summed E-state index contributed by atoms with van der Waals surface area (Å²) in [6.07, 6.45) is 5.59. The van der Waals surface area contributed by atoms with Crippen LogP contribution in [0, 0.1) is 5.82 Å². The summed E-state index contributed by atoms with van der Waals surface area (Å²) in [5.74, 6) is -0.169. The predicted molar refractivity (Wildman–Crippen MR) is 56.3 cm³/mol. The Hall–Kier alpha value is -0.800. The molecule has 70 valence electrons. The lowest BCUT2D eigenvalue weighted by Gasteiger charge is -2.00. The molecule has 0 saturated carbocycles. The molecule has 0 aliphatic rings. The van der Waals surface area contributed by atoms with Crippen molar-refractivity contribution in [3.05, 3.63) is 35.7 Å². The summed E-state index contributed by atoms with van der Waals surface area (Å²) in [6.45, 7) is 0.506. The molecule has 0 aliphatic heterocycles. The number of hydrogen-bond acceptors (Lipinski definition) is 2. The second kappa shape index (κ2) is 5.04. The van der Waals surface area contributed by atoms with E-state index in [9.17, 15) is 4.39 Å². The first-order chi connectivity index (χ1) is 6.27. The molecule has 0 spiro atoms. The van der Waals surface area contributed by atoms with Gasteiger partial charge in [-0.2, -0.15) is 0 Å². The van der Waals surface area contributed by atoms with Gasteiger partial charge in [-0.15, -0.1) is 11.8 Å². The third-order valence-corrected chi connectivity index (χ3v) is 2.37. The van der Waals surface area contributed by atoms with Gasteiger partial charge in [-0.25, -0.2) is 4.39 Å². The predicted octanol–water partition coefficient (Wildman–Crippen LogP) is 2.52. The van der Waals surface area contributed by atoms with Crippen LogP contribution in [0.3, 0.4) is 0 Å². The van der Waals surface area contributed by atoms with E-state index in [0.29, 0.717) is 11.4 Å². The van der Waals surface area contributed by atoms with Crippen molar-refractivity contribution in [3.63, 3.8) is 0 Å². The van der Waals surface area contributed by atoms with Crippen LogP contribution < -0.4 is 5.73 Å². The zero-order valence-corrected chi connectivity index (χ0v) is 8.27. The van der Waals surface area contributed by atoms with Crippen LogP contribution in [0.25, 0.3) is 6.08 Å². The average Bonchev–Trinajstić information content (AvgIpc) is 2.16. The molecule has 0 fully saturated rings. The first-order valence-corrected chi connectivity index (χ1v) is 5.20. The fourth-order valence-electron chi connectivity index (χ4n) is 0.984. The van der Waals surface area contributed by atoms with Gasteiger partial charge in [-0.05, 0) is 24.0 Å². The molecule has 13 heavy (non-hydrogen) atoms. The van der Waals surface area contributed by atoms with Crippen molar-refractivity contribution in [2.45, 2.75) is 4.90 Å². The minimum absolute atomic E-state index is 0.169. The number of benzene rings is 1. The van der Waals surface area contributed by atoms with Crippen LogP contribution in [0.2, 0.25) is 0 Å². The van der Waals surface area contributed by atoms with Crippen LogP contribution in [0.5, 0.6) is 0 Å². The lowest BCUT2D eigenvalue weighted by molar-refractivity contribution is 0.602. The smallest absolute Gasteiger partial charge is 0.136 e. The highest BCUT2D eigenvalue weighted by Crippen LogP contribution is 2.20. The van der Waals surface area contributed by atoms with Gasteiger partial charge in [-0.1, -0.05) is 18.2 Å². The van der Waals surface area contributed by atoms with Crippen molar-refractivity contribution >= 4 is 17.8 Å². The highest BCUT2D eigenvalue weighted by molar-refractivity contribution is 7.98. The van der Waals surface area contributed by atoms with Crippen LogP contribution in [0.4, 0.5) is 4.39 Å². The molecule has 0 aromatic heterocycles. The van der Waals surface area contributed by atoms with Gasteiger partial charge in [0.05, 0.1) is 0 Å². The van der Waals surface area contributed by atoms with E-state index in [-0.39, 0.29) is 5.82 Å².